The second-order valence-electron chi connectivity index (χ2n) is 5.85. The molecular formula is C20H33BrO4. The largest absolute Gasteiger partial charge is 0.494 e. The van der Waals surface area contributed by atoms with Crippen LogP contribution in [0.1, 0.15) is 45.4 Å². The lowest BCUT2D eigenvalue weighted by Gasteiger charge is -2.09. The van der Waals surface area contributed by atoms with Crippen LogP contribution in [0.4, 0.5) is 0 Å². The summed E-state index contributed by atoms with van der Waals surface area (Å²) in [5, 5.41) is 0.856. The Kier molecular flexibility index (Phi) is 14.8. The van der Waals surface area contributed by atoms with E-state index in [1.807, 2.05) is 24.3 Å². The van der Waals surface area contributed by atoms with Gasteiger partial charge in [0.2, 0.25) is 0 Å². The lowest BCUT2D eigenvalue weighted by atomic mass is 10.1. The fraction of sp³-hybridized carbons (Fsp3) is 0.700. The zero-order chi connectivity index (χ0) is 18.0. The van der Waals surface area contributed by atoms with Crippen LogP contribution < -0.4 is 9.47 Å². The predicted octanol–water partition coefficient (Wildman–Crippen LogP) is 5.23. The first kappa shape index (κ1) is 22.3. The summed E-state index contributed by atoms with van der Waals surface area (Å²) in [5.74, 6) is 1.74. The zero-order valence-electron chi connectivity index (χ0n) is 15.5. The molecule has 0 aliphatic heterocycles. The molecule has 0 bridgehead atoms. The molecule has 0 atom stereocenters. The topological polar surface area (TPSA) is 36.9 Å². The van der Waals surface area contributed by atoms with Gasteiger partial charge < -0.3 is 18.9 Å². The molecule has 0 N–H and O–H groups in total. The van der Waals surface area contributed by atoms with Crippen molar-refractivity contribution in [1.82, 2.24) is 0 Å². The van der Waals surface area contributed by atoms with Crippen molar-refractivity contribution >= 4 is 15.9 Å². The van der Waals surface area contributed by atoms with Crippen molar-refractivity contribution in [3.05, 3.63) is 24.3 Å². The molecule has 144 valence electrons. The van der Waals surface area contributed by atoms with Gasteiger partial charge in [0.05, 0.1) is 33.0 Å². The first-order valence-corrected chi connectivity index (χ1v) is 10.6. The molecule has 0 fully saturated rings. The minimum atomic E-state index is 0.538. The van der Waals surface area contributed by atoms with Gasteiger partial charge in [-0.05, 0) is 30.7 Å². The van der Waals surface area contributed by atoms with Gasteiger partial charge in [-0.3, -0.25) is 0 Å². The Bertz CT molecular complexity index is 397. The Balaban J connectivity index is 2.00. The van der Waals surface area contributed by atoms with Gasteiger partial charge in [0.1, 0.15) is 18.1 Å². The Labute approximate surface area is 161 Å². The lowest BCUT2D eigenvalue weighted by Crippen LogP contribution is -2.11. The van der Waals surface area contributed by atoms with Gasteiger partial charge in [0, 0.05) is 5.33 Å². The molecule has 1 aromatic rings. The Morgan fingerprint density at radius 1 is 0.640 bits per heavy atom. The second-order valence-corrected chi connectivity index (χ2v) is 6.64. The highest BCUT2D eigenvalue weighted by atomic mass is 79.9. The van der Waals surface area contributed by atoms with E-state index in [1.54, 1.807) is 0 Å². The monoisotopic (exact) mass is 416 g/mol. The maximum atomic E-state index is 5.76. The molecular weight excluding hydrogens is 384 g/mol. The number of alkyl halides is 1. The highest BCUT2D eigenvalue weighted by molar-refractivity contribution is 9.09. The van der Waals surface area contributed by atoms with Gasteiger partial charge in [-0.1, -0.05) is 55.0 Å². The summed E-state index contributed by atoms with van der Waals surface area (Å²) in [5.41, 5.74) is 0. The molecule has 0 saturated carbocycles. The van der Waals surface area contributed by atoms with Crippen LogP contribution in [0.3, 0.4) is 0 Å². The van der Waals surface area contributed by atoms with Crippen LogP contribution in [0.2, 0.25) is 0 Å². The fourth-order valence-corrected chi connectivity index (χ4v) is 2.53. The lowest BCUT2D eigenvalue weighted by molar-refractivity contribution is 0.0414. The Hall–Kier alpha value is -0.780. The molecule has 0 heterocycles. The first-order chi connectivity index (χ1) is 12.4. The standard InChI is InChI=1S/C20H33BrO4/c1-2-3-4-5-6-7-13-24-19-8-10-20(11-9-19)25-18-17-23-16-15-22-14-12-21/h8-11H,2-7,12-18H2,1H3. The van der Waals surface area contributed by atoms with Crippen LogP contribution in [-0.4, -0.2) is 45.0 Å². The molecule has 1 aromatic carbocycles. The van der Waals surface area contributed by atoms with E-state index in [2.05, 4.69) is 22.9 Å². The van der Waals surface area contributed by atoms with Crippen LogP contribution in [0.5, 0.6) is 11.5 Å². The van der Waals surface area contributed by atoms with E-state index in [4.69, 9.17) is 18.9 Å². The van der Waals surface area contributed by atoms with Crippen LogP contribution >= 0.6 is 15.9 Å². The third-order valence-electron chi connectivity index (χ3n) is 3.68. The van der Waals surface area contributed by atoms with Crippen LogP contribution in [-0.2, 0) is 9.47 Å². The molecule has 0 spiro atoms. The van der Waals surface area contributed by atoms with Crippen LogP contribution in [0.15, 0.2) is 24.3 Å². The second kappa shape index (κ2) is 16.7. The number of benzene rings is 1. The maximum absolute atomic E-state index is 5.76. The SMILES string of the molecule is CCCCCCCCOc1ccc(OCCOCCOCCBr)cc1. The van der Waals surface area contributed by atoms with E-state index in [0.29, 0.717) is 33.0 Å². The average Bonchev–Trinajstić information content (AvgIpc) is 2.64. The Morgan fingerprint density at radius 2 is 1.16 bits per heavy atom. The molecule has 0 radical (unpaired) electrons. The average molecular weight is 417 g/mol. The summed E-state index contributed by atoms with van der Waals surface area (Å²) >= 11 is 3.31. The summed E-state index contributed by atoms with van der Waals surface area (Å²) in [6, 6.07) is 7.80. The normalized spacial score (nSPS) is 10.8. The van der Waals surface area contributed by atoms with Gasteiger partial charge >= 0.3 is 0 Å². The minimum Gasteiger partial charge on any atom is -0.494 e. The molecule has 25 heavy (non-hydrogen) atoms. The van der Waals surface area contributed by atoms with Crippen molar-refractivity contribution in [2.45, 2.75) is 45.4 Å². The Morgan fingerprint density at radius 3 is 1.80 bits per heavy atom. The van der Waals surface area contributed by atoms with Gasteiger partial charge in [-0.25, -0.2) is 0 Å². The number of ether oxygens (including phenoxy) is 4. The number of hydrogen-bond acceptors (Lipinski definition) is 4. The van der Waals surface area contributed by atoms with E-state index in [0.717, 1.165) is 29.9 Å². The number of halogens is 1. The zero-order valence-corrected chi connectivity index (χ0v) is 17.1. The minimum absolute atomic E-state index is 0.538. The summed E-state index contributed by atoms with van der Waals surface area (Å²) in [6.07, 6.45) is 7.67. The van der Waals surface area contributed by atoms with Gasteiger partial charge in [-0.15, -0.1) is 0 Å². The molecule has 0 unspecified atom stereocenters. The molecule has 0 saturated heterocycles. The molecule has 0 aliphatic carbocycles. The van der Waals surface area contributed by atoms with Crippen molar-refractivity contribution < 1.29 is 18.9 Å². The van der Waals surface area contributed by atoms with Crippen LogP contribution in [0, 0.1) is 0 Å². The third kappa shape index (κ3) is 13.1. The predicted molar refractivity (Wildman–Crippen MR) is 106 cm³/mol. The number of rotatable bonds is 17. The van der Waals surface area contributed by atoms with E-state index < -0.39 is 0 Å². The maximum Gasteiger partial charge on any atom is 0.119 e. The quantitative estimate of drug-likeness (QED) is 0.257. The van der Waals surface area contributed by atoms with E-state index in [9.17, 15) is 0 Å². The summed E-state index contributed by atoms with van der Waals surface area (Å²) in [7, 11) is 0. The summed E-state index contributed by atoms with van der Waals surface area (Å²) in [6.45, 7) is 6.07. The van der Waals surface area contributed by atoms with Crippen molar-refractivity contribution in [2.24, 2.45) is 0 Å². The third-order valence-corrected chi connectivity index (χ3v) is 4.00. The van der Waals surface area contributed by atoms with Gasteiger partial charge in [0.25, 0.3) is 0 Å². The van der Waals surface area contributed by atoms with Crippen molar-refractivity contribution in [1.29, 1.82) is 0 Å². The van der Waals surface area contributed by atoms with Crippen molar-refractivity contribution in [3.8, 4) is 11.5 Å². The number of unbranched alkanes of at least 4 members (excludes halogenated alkanes) is 5. The van der Waals surface area contributed by atoms with Gasteiger partial charge in [0.15, 0.2) is 0 Å². The molecule has 5 heteroatoms. The highest BCUT2D eigenvalue weighted by Crippen LogP contribution is 2.18. The van der Waals surface area contributed by atoms with Crippen LogP contribution in [0.25, 0.3) is 0 Å². The molecule has 0 amide bonds. The van der Waals surface area contributed by atoms with E-state index in [-0.39, 0.29) is 0 Å². The number of hydrogen-bond donors (Lipinski definition) is 0. The molecule has 0 aliphatic rings. The van der Waals surface area contributed by atoms with Crippen molar-refractivity contribution in [2.75, 3.05) is 45.0 Å². The smallest absolute Gasteiger partial charge is 0.119 e. The fourth-order valence-electron chi connectivity index (χ4n) is 2.30. The summed E-state index contributed by atoms with van der Waals surface area (Å²) in [4.78, 5) is 0. The van der Waals surface area contributed by atoms with E-state index >= 15 is 0 Å². The highest BCUT2D eigenvalue weighted by Gasteiger charge is 1.98. The summed E-state index contributed by atoms with van der Waals surface area (Å²) < 4.78 is 22.1. The molecule has 0 aromatic heterocycles. The molecule has 4 nitrogen and oxygen atoms in total. The van der Waals surface area contributed by atoms with Gasteiger partial charge in [-0.2, -0.15) is 0 Å². The van der Waals surface area contributed by atoms with Crippen molar-refractivity contribution in [3.63, 3.8) is 0 Å². The first-order valence-electron chi connectivity index (χ1n) is 9.44. The molecule has 1 rings (SSSR count). The van der Waals surface area contributed by atoms with E-state index in [1.165, 1.54) is 32.1 Å².